The van der Waals surface area contributed by atoms with Crippen molar-refractivity contribution in [1.82, 2.24) is 19.9 Å². The molecule has 0 aliphatic rings. The van der Waals surface area contributed by atoms with E-state index < -0.39 is 17.4 Å². The van der Waals surface area contributed by atoms with Gasteiger partial charge in [0.15, 0.2) is 0 Å². The number of hydrogen-bond acceptors (Lipinski definition) is 6. The van der Waals surface area contributed by atoms with Crippen LogP contribution in [0.3, 0.4) is 0 Å². The smallest absolute Gasteiger partial charge is 0.267 e. The van der Waals surface area contributed by atoms with Crippen molar-refractivity contribution in [2.45, 2.75) is 44.1 Å². The normalized spacial score (nSPS) is 13.7. The highest BCUT2D eigenvalue weighted by molar-refractivity contribution is 5.82. The van der Waals surface area contributed by atoms with Gasteiger partial charge < -0.3 is 19.7 Å². The number of nitrogens with zero attached hydrogens (tertiary/aromatic N) is 4. The van der Waals surface area contributed by atoms with Crippen LogP contribution >= 0.6 is 0 Å². The molecule has 190 valence electrons. The molecular formula is C27H31F2N5O2. The predicted octanol–water partition coefficient (Wildman–Crippen LogP) is 5.00. The van der Waals surface area contributed by atoms with E-state index in [2.05, 4.69) is 19.9 Å². The molecule has 3 heterocycles. The van der Waals surface area contributed by atoms with Crippen LogP contribution in [0.2, 0.25) is 0 Å². The lowest BCUT2D eigenvalue weighted by Gasteiger charge is -2.37. The SMILES string of the molecule is COc1ccc(-c2cncnc2)cc1C(C)(C)CC(O)(Cc1cc2cc(N(C)C)ncc2[nH]1)C(F)F. The third-order valence-electron chi connectivity index (χ3n) is 6.48. The molecule has 9 heteroatoms. The summed E-state index contributed by atoms with van der Waals surface area (Å²) < 4.78 is 34.4. The summed E-state index contributed by atoms with van der Waals surface area (Å²) in [5.74, 6) is 1.32. The number of nitrogens with one attached hydrogen (secondary N) is 1. The molecule has 0 spiro atoms. The van der Waals surface area contributed by atoms with Crippen molar-refractivity contribution in [2.24, 2.45) is 0 Å². The van der Waals surface area contributed by atoms with Crippen LogP contribution < -0.4 is 9.64 Å². The lowest BCUT2D eigenvalue weighted by atomic mass is 9.73. The maximum Gasteiger partial charge on any atom is 0.267 e. The number of pyridine rings is 1. The molecule has 36 heavy (non-hydrogen) atoms. The number of fused-ring (bicyclic) bond motifs is 1. The van der Waals surface area contributed by atoms with E-state index in [9.17, 15) is 13.9 Å². The van der Waals surface area contributed by atoms with Crippen molar-refractivity contribution in [1.29, 1.82) is 0 Å². The summed E-state index contributed by atoms with van der Waals surface area (Å²) in [6.07, 6.45) is 3.09. The Hall–Kier alpha value is -3.59. The highest BCUT2D eigenvalue weighted by Crippen LogP contribution is 2.42. The number of aliphatic hydroxyl groups is 1. The quantitative estimate of drug-likeness (QED) is 0.340. The molecule has 4 rings (SSSR count). The first-order valence-electron chi connectivity index (χ1n) is 11.6. The molecule has 3 aromatic heterocycles. The number of aromatic nitrogens is 4. The summed E-state index contributed by atoms with van der Waals surface area (Å²) in [4.78, 5) is 17.5. The van der Waals surface area contributed by atoms with Crippen LogP contribution in [0.1, 0.15) is 31.5 Å². The minimum absolute atomic E-state index is 0.195. The van der Waals surface area contributed by atoms with Crippen molar-refractivity contribution < 1.29 is 18.6 Å². The molecule has 7 nitrogen and oxygen atoms in total. The Morgan fingerprint density at radius 1 is 1.06 bits per heavy atom. The third kappa shape index (κ3) is 5.16. The summed E-state index contributed by atoms with van der Waals surface area (Å²) in [6, 6.07) is 9.23. The number of methoxy groups -OCH3 is 1. The maximum atomic E-state index is 14.4. The monoisotopic (exact) mass is 495 g/mol. The Bertz CT molecular complexity index is 1340. The third-order valence-corrected chi connectivity index (χ3v) is 6.48. The molecule has 0 radical (unpaired) electrons. The van der Waals surface area contributed by atoms with Gasteiger partial charge in [0, 0.05) is 55.1 Å². The largest absolute Gasteiger partial charge is 0.496 e. The first kappa shape index (κ1) is 25.5. The van der Waals surface area contributed by atoms with E-state index in [-0.39, 0.29) is 12.8 Å². The van der Waals surface area contributed by atoms with Crippen molar-refractivity contribution in [3.05, 3.63) is 66.5 Å². The number of aromatic amines is 1. The zero-order chi connectivity index (χ0) is 26.1. The van der Waals surface area contributed by atoms with Crippen molar-refractivity contribution in [3.63, 3.8) is 0 Å². The molecule has 2 N–H and O–H groups in total. The van der Waals surface area contributed by atoms with E-state index in [1.807, 2.05) is 51.0 Å². The van der Waals surface area contributed by atoms with Crippen LogP contribution in [0, 0.1) is 0 Å². The molecule has 1 unspecified atom stereocenters. The second kappa shape index (κ2) is 9.81. The summed E-state index contributed by atoms with van der Waals surface area (Å²) in [5, 5.41) is 12.1. The van der Waals surface area contributed by atoms with Gasteiger partial charge in [-0.2, -0.15) is 0 Å². The zero-order valence-electron chi connectivity index (χ0n) is 21.1. The van der Waals surface area contributed by atoms with Gasteiger partial charge in [-0.15, -0.1) is 0 Å². The number of halogens is 2. The van der Waals surface area contributed by atoms with Gasteiger partial charge in [-0.05, 0) is 41.7 Å². The molecule has 1 aromatic carbocycles. The average Bonchev–Trinajstić information content (AvgIpc) is 3.24. The highest BCUT2D eigenvalue weighted by atomic mass is 19.3. The standard InChI is InChI=1S/C27H31F2N5O2/c1-26(2,21-9-17(6-7-23(21)36-5)19-12-30-16-31-13-19)15-27(35,25(28)29)11-20-8-18-10-24(34(3)4)32-14-22(18)33-20/h6-10,12-14,16,25,33,35H,11,15H2,1-5H3. The van der Waals surface area contributed by atoms with Crippen LogP contribution in [-0.2, 0) is 11.8 Å². The lowest BCUT2D eigenvalue weighted by Crippen LogP contribution is -2.45. The topological polar surface area (TPSA) is 87.2 Å². The molecule has 0 bridgehead atoms. The second-order valence-electron chi connectivity index (χ2n) is 10.0. The molecule has 4 aromatic rings. The van der Waals surface area contributed by atoms with Gasteiger partial charge in [0.2, 0.25) is 0 Å². The molecule has 1 atom stereocenters. The fourth-order valence-corrected chi connectivity index (χ4v) is 4.69. The minimum Gasteiger partial charge on any atom is -0.496 e. The average molecular weight is 496 g/mol. The van der Waals surface area contributed by atoms with Crippen molar-refractivity contribution in [2.75, 3.05) is 26.1 Å². The Labute approximate surface area is 209 Å². The van der Waals surface area contributed by atoms with Crippen molar-refractivity contribution in [3.8, 4) is 16.9 Å². The number of rotatable bonds is 9. The molecule has 0 aliphatic carbocycles. The summed E-state index contributed by atoms with van der Waals surface area (Å²) in [7, 11) is 5.31. The Kier molecular flexibility index (Phi) is 6.95. The Balaban J connectivity index is 1.67. The minimum atomic E-state index is -2.96. The van der Waals surface area contributed by atoms with E-state index in [1.165, 1.54) is 6.33 Å². The van der Waals surface area contributed by atoms with Gasteiger partial charge in [-0.3, -0.25) is 0 Å². The first-order chi connectivity index (χ1) is 17.0. The highest BCUT2D eigenvalue weighted by Gasteiger charge is 2.44. The number of benzene rings is 1. The predicted molar refractivity (Wildman–Crippen MR) is 137 cm³/mol. The summed E-state index contributed by atoms with van der Waals surface area (Å²) >= 11 is 0. The van der Waals surface area contributed by atoms with E-state index >= 15 is 0 Å². The fraction of sp³-hybridized carbons (Fsp3) is 0.370. The number of anilines is 1. The second-order valence-corrected chi connectivity index (χ2v) is 10.0. The fourth-order valence-electron chi connectivity index (χ4n) is 4.69. The summed E-state index contributed by atoms with van der Waals surface area (Å²) in [6.45, 7) is 3.67. The van der Waals surface area contributed by atoms with Gasteiger partial charge >= 0.3 is 0 Å². The van der Waals surface area contributed by atoms with E-state index in [0.29, 0.717) is 17.0 Å². The Morgan fingerprint density at radius 2 is 1.78 bits per heavy atom. The van der Waals surface area contributed by atoms with E-state index in [1.54, 1.807) is 37.8 Å². The maximum absolute atomic E-state index is 14.4. The van der Waals surface area contributed by atoms with Crippen LogP contribution in [-0.4, -0.2) is 58.3 Å². The van der Waals surface area contributed by atoms with Gasteiger partial charge in [-0.25, -0.2) is 23.7 Å². The van der Waals surface area contributed by atoms with Crippen LogP contribution in [0.25, 0.3) is 22.0 Å². The van der Waals surface area contributed by atoms with Crippen molar-refractivity contribution >= 4 is 16.7 Å². The lowest BCUT2D eigenvalue weighted by molar-refractivity contribution is -0.110. The number of alkyl halides is 2. The van der Waals surface area contributed by atoms with Gasteiger partial charge in [0.25, 0.3) is 6.43 Å². The van der Waals surface area contributed by atoms with E-state index in [0.717, 1.165) is 27.8 Å². The van der Waals surface area contributed by atoms with Gasteiger partial charge in [-0.1, -0.05) is 19.9 Å². The first-order valence-corrected chi connectivity index (χ1v) is 11.6. The molecular weight excluding hydrogens is 464 g/mol. The summed E-state index contributed by atoms with van der Waals surface area (Å²) in [5.41, 5.74) is 0.452. The van der Waals surface area contributed by atoms with Crippen LogP contribution in [0.5, 0.6) is 5.75 Å². The number of hydrogen-bond donors (Lipinski definition) is 2. The molecule has 0 amide bonds. The molecule has 0 fully saturated rings. The molecule has 0 saturated carbocycles. The van der Waals surface area contributed by atoms with Gasteiger partial charge in [0.1, 0.15) is 23.5 Å². The Morgan fingerprint density at radius 3 is 2.42 bits per heavy atom. The molecule has 0 aliphatic heterocycles. The van der Waals surface area contributed by atoms with Gasteiger partial charge in [0.05, 0.1) is 18.8 Å². The van der Waals surface area contributed by atoms with Crippen LogP contribution in [0.15, 0.2) is 55.2 Å². The zero-order valence-corrected chi connectivity index (χ0v) is 21.1. The molecule has 0 saturated heterocycles. The van der Waals surface area contributed by atoms with Crippen LogP contribution in [0.4, 0.5) is 14.6 Å². The number of ether oxygens (including phenoxy) is 1. The van der Waals surface area contributed by atoms with E-state index in [4.69, 9.17) is 4.74 Å². The number of H-pyrrole nitrogens is 1.